The number of urea groups is 1. The summed E-state index contributed by atoms with van der Waals surface area (Å²) in [5.41, 5.74) is 1.13. The number of ether oxygens (including phenoxy) is 1. The topological polar surface area (TPSA) is 175 Å². The van der Waals surface area contributed by atoms with Crippen LogP contribution in [0.15, 0.2) is 36.9 Å². The van der Waals surface area contributed by atoms with Gasteiger partial charge >= 0.3 is 12.1 Å². The molecule has 17 heteroatoms. The lowest BCUT2D eigenvalue weighted by Gasteiger charge is -2.30. The van der Waals surface area contributed by atoms with Crippen molar-refractivity contribution in [1.82, 2.24) is 30.1 Å². The smallest absolute Gasteiger partial charge is 0.410 e. The summed E-state index contributed by atoms with van der Waals surface area (Å²) in [6, 6.07) is 1.82. The van der Waals surface area contributed by atoms with Gasteiger partial charge in [-0.25, -0.2) is 26.8 Å². The minimum atomic E-state index is -3.97. The number of alkyl halides is 2. The van der Waals surface area contributed by atoms with Gasteiger partial charge in [-0.15, -0.1) is 6.58 Å². The van der Waals surface area contributed by atoms with E-state index in [9.17, 15) is 41.2 Å². The van der Waals surface area contributed by atoms with Crippen LogP contribution < -0.4 is 15.4 Å². The maximum Gasteiger partial charge on any atom is 0.410 e. The summed E-state index contributed by atoms with van der Waals surface area (Å²) in [5, 5.41) is 4.29. The molecule has 276 valence electrons. The third-order valence-corrected chi connectivity index (χ3v) is 12.0. The molecule has 51 heavy (non-hydrogen) atoms. The summed E-state index contributed by atoms with van der Waals surface area (Å²) >= 11 is 0. The number of halogens is 2. The number of benzene rings is 1. The van der Waals surface area contributed by atoms with E-state index in [0.717, 1.165) is 21.6 Å². The normalized spacial score (nSPS) is 29.0. The number of nitrogens with one attached hydrogen (secondary N) is 3. The summed E-state index contributed by atoms with van der Waals surface area (Å²) in [7, 11) is -2.49. The number of allylic oxidation sites excluding steroid dienone is 1. The number of hydrogen-bond donors (Lipinski definition) is 3. The minimum Gasteiger partial charge on any atom is -0.444 e. The SMILES string of the molecule is C=C[C@@H]1C[C@]1(NC(=O)[C@@H]1C[C@@H]2CN1C(=O)[C@H](CC(F)F)NC(=O)N(C)CCC/C=C/c1cccc3c1CN(C3)C(=O)O2)C(=O)NS(=O)(=O)C1CC1. The maximum atomic E-state index is 14.0. The van der Waals surface area contributed by atoms with E-state index in [2.05, 4.69) is 21.9 Å². The maximum absolute atomic E-state index is 14.0. The van der Waals surface area contributed by atoms with Gasteiger partial charge in [-0.05, 0) is 48.8 Å². The molecule has 1 saturated heterocycles. The van der Waals surface area contributed by atoms with Gasteiger partial charge in [0, 0.05) is 38.9 Å². The number of sulfonamides is 1. The molecule has 14 nitrogen and oxygen atoms in total. The lowest BCUT2D eigenvalue weighted by molar-refractivity contribution is -0.141. The molecule has 0 spiro atoms. The van der Waals surface area contributed by atoms with Gasteiger partial charge in [0.25, 0.3) is 5.91 Å². The van der Waals surface area contributed by atoms with Crippen LogP contribution in [0.1, 0.15) is 61.6 Å². The second-order valence-electron chi connectivity index (χ2n) is 13.9. The van der Waals surface area contributed by atoms with Gasteiger partial charge in [-0.2, -0.15) is 0 Å². The van der Waals surface area contributed by atoms with Crippen molar-refractivity contribution in [3.05, 3.63) is 53.6 Å². The summed E-state index contributed by atoms with van der Waals surface area (Å²) < 4.78 is 60.7. The van der Waals surface area contributed by atoms with Crippen molar-refractivity contribution in [3.63, 3.8) is 0 Å². The van der Waals surface area contributed by atoms with Crippen molar-refractivity contribution in [2.45, 2.75) is 93.4 Å². The molecule has 2 saturated carbocycles. The fraction of sp³-hybridized carbons (Fsp3) is 0.559. The third-order valence-electron chi connectivity index (χ3n) is 10.2. The molecule has 5 atom stereocenters. The zero-order valence-electron chi connectivity index (χ0n) is 28.2. The van der Waals surface area contributed by atoms with E-state index >= 15 is 0 Å². The van der Waals surface area contributed by atoms with Crippen LogP contribution in [-0.4, -0.2) is 109 Å². The van der Waals surface area contributed by atoms with Gasteiger partial charge in [-0.3, -0.25) is 24.0 Å². The van der Waals surface area contributed by atoms with Crippen LogP contribution in [-0.2, 0) is 42.2 Å². The van der Waals surface area contributed by atoms with Crippen LogP contribution in [0.25, 0.3) is 6.08 Å². The van der Waals surface area contributed by atoms with E-state index in [1.54, 1.807) is 0 Å². The molecule has 5 aliphatic rings. The molecule has 2 aliphatic carbocycles. The Bertz CT molecular complexity index is 1750. The van der Waals surface area contributed by atoms with Gasteiger partial charge in [0.1, 0.15) is 23.7 Å². The molecule has 1 aromatic rings. The van der Waals surface area contributed by atoms with Crippen LogP contribution >= 0.6 is 0 Å². The molecule has 0 unspecified atom stereocenters. The Morgan fingerprint density at radius 3 is 2.65 bits per heavy atom. The number of amides is 6. The van der Waals surface area contributed by atoms with Gasteiger partial charge in [0.2, 0.25) is 28.3 Å². The van der Waals surface area contributed by atoms with E-state index in [0.29, 0.717) is 25.7 Å². The zero-order valence-corrected chi connectivity index (χ0v) is 29.0. The molecule has 0 aromatic heterocycles. The Hall–Kier alpha value is -4.54. The fourth-order valence-electron chi connectivity index (χ4n) is 6.96. The first-order valence-corrected chi connectivity index (χ1v) is 18.6. The lowest BCUT2D eigenvalue weighted by Crippen LogP contribution is -2.59. The van der Waals surface area contributed by atoms with E-state index in [1.165, 1.54) is 22.9 Å². The summed E-state index contributed by atoms with van der Waals surface area (Å²) in [6.07, 6.45) is 1.24. The predicted molar refractivity (Wildman–Crippen MR) is 179 cm³/mol. The van der Waals surface area contributed by atoms with E-state index < -0.39 is 87.6 Å². The molecular weight excluding hydrogens is 690 g/mol. The van der Waals surface area contributed by atoms with Crippen LogP contribution in [0, 0.1) is 5.92 Å². The number of fused-ring (bicyclic) bond motifs is 3. The van der Waals surface area contributed by atoms with Crippen molar-refractivity contribution in [3.8, 4) is 0 Å². The Balaban J connectivity index is 1.28. The largest absolute Gasteiger partial charge is 0.444 e. The molecule has 0 radical (unpaired) electrons. The predicted octanol–water partition coefficient (Wildman–Crippen LogP) is 2.25. The summed E-state index contributed by atoms with van der Waals surface area (Å²) in [4.78, 5) is 71.6. The summed E-state index contributed by atoms with van der Waals surface area (Å²) in [5.74, 6) is -3.45. The van der Waals surface area contributed by atoms with E-state index in [1.807, 2.05) is 30.4 Å². The van der Waals surface area contributed by atoms with Gasteiger partial charge in [0.15, 0.2) is 0 Å². The quantitative estimate of drug-likeness (QED) is 0.342. The van der Waals surface area contributed by atoms with Crippen LogP contribution in [0.5, 0.6) is 0 Å². The van der Waals surface area contributed by atoms with Gasteiger partial charge in [-0.1, -0.05) is 36.4 Å². The number of carbonyl (C=O) groups excluding carboxylic acids is 5. The van der Waals surface area contributed by atoms with Gasteiger partial charge < -0.3 is 25.2 Å². The molecular formula is C34H42F2N6O8S. The Kier molecular flexibility index (Phi) is 10.1. The second kappa shape index (κ2) is 14.2. The average molecular weight is 733 g/mol. The van der Waals surface area contributed by atoms with Crippen LogP contribution in [0.3, 0.4) is 0 Å². The highest BCUT2D eigenvalue weighted by Crippen LogP contribution is 2.45. The molecule has 3 N–H and O–H groups in total. The Morgan fingerprint density at radius 1 is 1.20 bits per heavy atom. The first kappa shape index (κ1) is 36.3. The van der Waals surface area contributed by atoms with E-state index in [4.69, 9.17) is 4.74 Å². The van der Waals surface area contributed by atoms with Crippen LogP contribution in [0.4, 0.5) is 18.4 Å². The highest BCUT2D eigenvalue weighted by molar-refractivity contribution is 7.91. The lowest BCUT2D eigenvalue weighted by atomic mass is 10.0. The number of rotatable bonds is 8. The Morgan fingerprint density at radius 2 is 1.96 bits per heavy atom. The zero-order chi connectivity index (χ0) is 36.7. The second-order valence-corrected chi connectivity index (χ2v) is 15.8. The number of carbonyl (C=O) groups is 5. The fourth-order valence-corrected chi connectivity index (χ4v) is 8.33. The van der Waals surface area contributed by atoms with Crippen molar-refractivity contribution < 1.29 is 45.9 Å². The standard InChI is InChI=1S/C34H42F2N6O8S/c1-3-22-16-34(22,31(45)39-51(48,49)24-11-12-24)38-29(43)27-14-23-18-42(27)30(44)26(15-28(35)36)37-32(46)40(2)13-6-4-5-8-20-9-7-10-21-17-41(19-25(20)21)33(47)50-23/h3,5,7-10,22-24,26-28H,1,4,6,11-19H2,2H3,(H,37,46)(H,38,43)(H,39,45)/b8-5+/t22-,23-,26+,27+,34-/m1/s1. The Labute approximate surface area is 294 Å². The molecule has 3 aliphatic heterocycles. The highest BCUT2D eigenvalue weighted by atomic mass is 32.2. The number of hydrogen-bond acceptors (Lipinski definition) is 8. The summed E-state index contributed by atoms with van der Waals surface area (Å²) in [6.45, 7) is 4.12. The average Bonchev–Trinajstić information content (AvgIpc) is 3.97. The monoisotopic (exact) mass is 732 g/mol. The molecule has 6 amide bonds. The van der Waals surface area contributed by atoms with Crippen molar-refractivity contribution in [2.24, 2.45) is 5.92 Å². The molecule has 6 rings (SSSR count). The molecule has 1 aromatic carbocycles. The van der Waals surface area contributed by atoms with E-state index in [-0.39, 0.29) is 39.0 Å². The first-order valence-electron chi connectivity index (χ1n) is 17.1. The van der Waals surface area contributed by atoms with Crippen molar-refractivity contribution in [2.75, 3.05) is 20.1 Å². The number of nitrogens with zero attached hydrogens (tertiary/aromatic N) is 3. The highest BCUT2D eigenvalue weighted by Gasteiger charge is 2.62. The molecule has 3 heterocycles. The molecule has 4 bridgehead atoms. The first-order chi connectivity index (χ1) is 24.2. The van der Waals surface area contributed by atoms with Crippen LogP contribution in [0.2, 0.25) is 0 Å². The van der Waals surface area contributed by atoms with Gasteiger partial charge in [0.05, 0.1) is 18.3 Å². The third kappa shape index (κ3) is 7.72. The van der Waals surface area contributed by atoms with Crippen molar-refractivity contribution >= 4 is 45.9 Å². The molecule has 3 fully saturated rings. The van der Waals surface area contributed by atoms with Crippen molar-refractivity contribution in [1.29, 1.82) is 0 Å². The minimum absolute atomic E-state index is 0.0381.